The maximum absolute atomic E-state index is 5.75. The van der Waals surface area contributed by atoms with Crippen LogP contribution in [-0.2, 0) is 0 Å². The van der Waals surface area contributed by atoms with E-state index in [1.54, 1.807) is 7.11 Å². The summed E-state index contributed by atoms with van der Waals surface area (Å²) < 4.78 is 7.76. The molecule has 1 aliphatic rings. The summed E-state index contributed by atoms with van der Waals surface area (Å²) >= 11 is 7.15. The summed E-state index contributed by atoms with van der Waals surface area (Å²) in [6.45, 7) is 0. The monoisotopic (exact) mass is 612 g/mol. The molecule has 0 fully saturated rings. The minimum Gasteiger partial charge on any atom is -0.496 e. The number of para-hydroxylation sites is 1. The van der Waals surface area contributed by atoms with Gasteiger partial charge in [-0.1, -0.05) is 92.5 Å². The van der Waals surface area contributed by atoms with Gasteiger partial charge in [0.15, 0.2) is 0 Å². The maximum Gasteiger partial charge on any atom is 0.247 e. The minimum absolute atomic E-state index is 0.119. The first-order valence-corrected chi connectivity index (χ1v) is 13.5. The highest BCUT2D eigenvalue weighted by molar-refractivity contribution is 9.10. The normalized spacial score (nSPS) is 15.2. The van der Waals surface area contributed by atoms with E-state index in [0.717, 1.165) is 53.7 Å². The SMILES string of the molecule is COc1ccccc1C1CC(c2ccc(Br)cc2)=NN1c1nc(-c2ccccc2)c2cc(Br)ccc2n1. The Morgan fingerprint density at radius 2 is 1.51 bits per heavy atom. The summed E-state index contributed by atoms with van der Waals surface area (Å²) in [5.41, 5.74) is 5.84. The van der Waals surface area contributed by atoms with E-state index >= 15 is 0 Å². The molecule has 6 rings (SSSR count). The van der Waals surface area contributed by atoms with E-state index < -0.39 is 0 Å². The van der Waals surface area contributed by atoms with Crippen molar-refractivity contribution >= 4 is 54.4 Å². The first-order chi connectivity index (χ1) is 18.1. The van der Waals surface area contributed by atoms with Crippen molar-refractivity contribution in [3.05, 3.63) is 117 Å². The maximum atomic E-state index is 5.75. The van der Waals surface area contributed by atoms with E-state index in [0.29, 0.717) is 12.4 Å². The fraction of sp³-hybridized carbons (Fsp3) is 0.100. The molecule has 0 aliphatic carbocycles. The van der Waals surface area contributed by atoms with Crippen LogP contribution < -0.4 is 9.75 Å². The van der Waals surface area contributed by atoms with Crippen LogP contribution in [0.2, 0.25) is 0 Å². The van der Waals surface area contributed by atoms with Crippen LogP contribution in [0.1, 0.15) is 23.6 Å². The molecular formula is C30H22Br2N4O. The van der Waals surface area contributed by atoms with Gasteiger partial charge >= 0.3 is 0 Å². The van der Waals surface area contributed by atoms with Crippen LogP contribution in [0.25, 0.3) is 22.2 Å². The van der Waals surface area contributed by atoms with Gasteiger partial charge in [0.25, 0.3) is 0 Å². The number of rotatable bonds is 5. The number of hydrogen-bond acceptors (Lipinski definition) is 5. The molecule has 0 N–H and O–H groups in total. The Morgan fingerprint density at radius 1 is 0.784 bits per heavy atom. The zero-order chi connectivity index (χ0) is 25.4. The van der Waals surface area contributed by atoms with Crippen molar-refractivity contribution in [2.45, 2.75) is 12.5 Å². The lowest BCUT2D eigenvalue weighted by Crippen LogP contribution is -2.21. The molecule has 1 aromatic heterocycles. The number of aromatic nitrogens is 2. The lowest BCUT2D eigenvalue weighted by atomic mass is 9.98. The number of methoxy groups -OCH3 is 1. The van der Waals surface area contributed by atoms with Gasteiger partial charge in [0.2, 0.25) is 5.95 Å². The first-order valence-electron chi connectivity index (χ1n) is 11.9. The number of anilines is 1. The predicted octanol–water partition coefficient (Wildman–Crippen LogP) is 8.19. The topological polar surface area (TPSA) is 50.6 Å². The van der Waals surface area contributed by atoms with Crippen molar-refractivity contribution in [1.82, 2.24) is 9.97 Å². The molecule has 37 heavy (non-hydrogen) atoms. The molecule has 0 saturated heterocycles. The molecule has 0 radical (unpaired) electrons. The number of ether oxygens (including phenoxy) is 1. The molecule has 182 valence electrons. The van der Waals surface area contributed by atoms with Crippen LogP contribution in [0.3, 0.4) is 0 Å². The van der Waals surface area contributed by atoms with Gasteiger partial charge in [-0.2, -0.15) is 5.10 Å². The molecule has 1 aliphatic heterocycles. The number of halogens is 2. The Labute approximate surface area is 232 Å². The van der Waals surface area contributed by atoms with Crippen molar-refractivity contribution in [2.24, 2.45) is 5.10 Å². The van der Waals surface area contributed by atoms with E-state index in [-0.39, 0.29) is 6.04 Å². The summed E-state index contributed by atoms with van der Waals surface area (Å²) in [6, 6.07) is 32.5. The van der Waals surface area contributed by atoms with E-state index in [9.17, 15) is 0 Å². The summed E-state index contributed by atoms with van der Waals surface area (Å²) in [4.78, 5) is 10.1. The average molecular weight is 614 g/mol. The first kappa shape index (κ1) is 23.8. The average Bonchev–Trinajstić information content (AvgIpc) is 3.38. The molecule has 0 spiro atoms. The van der Waals surface area contributed by atoms with Crippen molar-refractivity contribution < 1.29 is 4.74 Å². The number of fused-ring (bicyclic) bond motifs is 1. The number of benzene rings is 4. The zero-order valence-corrected chi connectivity index (χ0v) is 23.1. The number of hydrazone groups is 1. The Balaban J connectivity index is 1.55. The predicted molar refractivity (Wildman–Crippen MR) is 156 cm³/mol. The minimum atomic E-state index is -0.119. The van der Waals surface area contributed by atoms with Crippen LogP contribution >= 0.6 is 31.9 Å². The van der Waals surface area contributed by atoms with Crippen molar-refractivity contribution in [1.29, 1.82) is 0 Å². The third-order valence-electron chi connectivity index (χ3n) is 6.48. The second kappa shape index (κ2) is 10.1. The Kier molecular flexibility index (Phi) is 6.49. The summed E-state index contributed by atoms with van der Waals surface area (Å²) in [7, 11) is 1.70. The van der Waals surface area contributed by atoms with Gasteiger partial charge in [-0.3, -0.25) is 0 Å². The van der Waals surface area contributed by atoms with Crippen LogP contribution in [0, 0.1) is 0 Å². The molecule has 1 unspecified atom stereocenters. The number of hydrogen-bond donors (Lipinski definition) is 0. The van der Waals surface area contributed by atoms with Gasteiger partial charge < -0.3 is 4.74 Å². The molecule has 5 nitrogen and oxygen atoms in total. The number of nitrogens with zero attached hydrogens (tertiary/aromatic N) is 4. The molecule has 1 atom stereocenters. The highest BCUT2D eigenvalue weighted by Gasteiger charge is 2.34. The Bertz CT molecular complexity index is 1620. The van der Waals surface area contributed by atoms with Gasteiger partial charge in [-0.25, -0.2) is 15.0 Å². The van der Waals surface area contributed by atoms with Crippen LogP contribution in [-0.4, -0.2) is 22.8 Å². The molecule has 5 aromatic rings. The lowest BCUT2D eigenvalue weighted by Gasteiger charge is -2.24. The molecule has 0 amide bonds. The molecule has 2 heterocycles. The van der Waals surface area contributed by atoms with Crippen LogP contribution in [0.5, 0.6) is 5.75 Å². The van der Waals surface area contributed by atoms with Gasteiger partial charge in [0.05, 0.1) is 30.1 Å². The second-order valence-corrected chi connectivity index (χ2v) is 10.6. The van der Waals surface area contributed by atoms with E-state index in [2.05, 4.69) is 68.3 Å². The van der Waals surface area contributed by atoms with Crippen molar-refractivity contribution in [2.75, 3.05) is 12.1 Å². The standard InChI is InChI=1S/C30H22Br2N4O/c1-37-28-10-6-5-9-23(28)27-18-26(19-11-13-21(31)14-12-19)35-36(27)30-33-25-16-15-22(32)17-24(25)29(34-30)20-7-3-2-4-8-20/h2-17,27H,18H2,1H3. The van der Waals surface area contributed by atoms with Crippen LogP contribution in [0.4, 0.5) is 5.95 Å². The van der Waals surface area contributed by atoms with E-state index in [1.165, 1.54) is 0 Å². The van der Waals surface area contributed by atoms with Crippen molar-refractivity contribution in [3.63, 3.8) is 0 Å². The summed E-state index contributed by atoms with van der Waals surface area (Å²) in [5, 5.41) is 8.02. The van der Waals surface area contributed by atoms with Gasteiger partial charge in [0.1, 0.15) is 5.75 Å². The highest BCUT2D eigenvalue weighted by Crippen LogP contribution is 2.40. The van der Waals surface area contributed by atoms with Gasteiger partial charge in [-0.15, -0.1) is 0 Å². The Morgan fingerprint density at radius 3 is 2.30 bits per heavy atom. The smallest absolute Gasteiger partial charge is 0.247 e. The zero-order valence-electron chi connectivity index (χ0n) is 20.0. The molecule has 4 aromatic carbocycles. The van der Waals surface area contributed by atoms with Crippen LogP contribution in [0.15, 0.2) is 111 Å². The largest absolute Gasteiger partial charge is 0.496 e. The van der Waals surface area contributed by atoms with E-state index in [4.69, 9.17) is 19.8 Å². The third-order valence-corrected chi connectivity index (χ3v) is 7.51. The second-order valence-electron chi connectivity index (χ2n) is 8.76. The molecule has 7 heteroatoms. The lowest BCUT2D eigenvalue weighted by molar-refractivity contribution is 0.405. The molecular weight excluding hydrogens is 592 g/mol. The van der Waals surface area contributed by atoms with E-state index in [1.807, 2.05) is 65.7 Å². The fourth-order valence-corrected chi connectivity index (χ4v) is 5.33. The van der Waals surface area contributed by atoms with Crippen molar-refractivity contribution in [3.8, 4) is 17.0 Å². The van der Waals surface area contributed by atoms with Gasteiger partial charge in [-0.05, 0) is 42.0 Å². The Hall–Kier alpha value is -3.55. The highest BCUT2D eigenvalue weighted by atomic mass is 79.9. The summed E-state index contributed by atoms with van der Waals surface area (Å²) in [6.07, 6.45) is 0.699. The van der Waals surface area contributed by atoms with Gasteiger partial charge in [0, 0.05) is 31.9 Å². The fourth-order valence-electron chi connectivity index (χ4n) is 4.70. The molecule has 0 bridgehead atoms. The third kappa shape index (κ3) is 4.65. The quantitative estimate of drug-likeness (QED) is 0.200. The molecule has 0 saturated carbocycles. The summed E-state index contributed by atoms with van der Waals surface area (Å²) in [5.74, 6) is 1.37.